The van der Waals surface area contributed by atoms with Gasteiger partial charge >= 0.3 is 0 Å². The molecule has 2 aromatic carbocycles. The second-order valence-electron chi connectivity index (χ2n) is 6.52. The van der Waals surface area contributed by atoms with Crippen molar-refractivity contribution in [1.82, 2.24) is 4.90 Å². The summed E-state index contributed by atoms with van der Waals surface area (Å²) in [5.41, 5.74) is 4.16. The van der Waals surface area contributed by atoms with Crippen molar-refractivity contribution in [3.05, 3.63) is 65.2 Å². The van der Waals surface area contributed by atoms with Gasteiger partial charge in [-0.25, -0.2) is 0 Å². The molecule has 2 aromatic rings. The van der Waals surface area contributed by atoms with Crippen molar-refractivity contribution in [3.63, 3.8) is 0 Å². The highest BCUT2D eigenvalue weighted by Crippen LogP contribution is 2.22. The van der Waals surface area contributed by atoms with Crippen molar-refractivity contribution in [2.24, 2.45) is 5.92 Å². The Morgan fingerprint density at radius 3 is 2.58 bits per heavy atom. The number of likely N-dealkylation sites (tertiary alicyclic amines) is 1. The smallest absolute Gasteiger partial charge is 0.229 e. The van der Waals surface area contributed by atoms with E-state index >= 15 is 0 Å². The number of nitrogens with one attached hydrogen (secondary N) is 1. The maximum Gasteiger partial charge on any atom is 0.229 e. The molecule has 0 spiro atoms. The number of amides is 2. The van der Waals surface area contributed by atoms with E-state index in [0.29, 0.717) is 13.1 Å². The Bertz CT molecular complexity index is 752. The molecule has 1 aliphatic rings. The van der Waals surface area contributed by atoms with Crippen LogP contribution < -0.4 is 5.32 Å². The third-order valence-corrected chi connectivity index (χ3v) is 4.36. The lowest BCUT2D eigenvalue weighted by atomic mass is 10.1. The molecule has 4 heteroatoms. The maximum absolute atomic E-state index is 12.4. The van der Waals surface area contributed by atoms with E-state index in [9.17, 15) is 9.59 Å². The lowest BCUT2D eigenvalue weighted by Gasteiger charge is -2.17. The molecule has 124 valence electrons. The normalized spacial score (nSPS) is 17.2. The quantitative estimate of drug-likeness (QED) is 0.939. The average Bonchev–Trinajstić information content (AvgIpc) is 2.91. The molecule has 1 atom stereocenters. The van der Waals surface area contributed by atoms with E-state index in [1.54, 1.807) is 4.90 Å². The summed E-state index contributed by atoms with van der Waals surface area (Å²) >= 11 is 0. The third kappa shape index (κ3) is 3.82. The number of nitrogens with zero attached hydrogens (tertiary/aromatic N) is 1. The van der Waals surface area contributed by atoms with Crippen molar-refractivity contribution in [1.29, 1.82) is 0 Å². The number of carbonyl (C=O) groups is 2. The molecule has 0 bridgehead atoms. The van der Waals surface area contributed by atoms with Gasteiger partial charge in [0, 0.05) is 25.2 Å². The van der Waals surface area contributed by atoms with Crippen LogP contribution in [-0.4, -0.2) is 23.3 Å². The summed E-state index contributed by atoms with van der Waals surface area (Å²) in [5, 5.41) is 2.92. The molecule has 0 unspecified atom stereocenters. The highest BCUT2D eigenvalue weighted by atomic mass is 16.2. The lowest BCUT2D eigenvalue weighted by molar-refractivity contribution is -0.128. The van der Waals surface area contributed by atoms with Crippen molar-refractivity contribution in [2.75, 3.05) is 11.9 Å². The van der Waals surface area contributed by atoms with Gasteiger partial charge in [0.05, 0.1) is 5.92 Å². The standard InChI is InChI=1S/C20H22N2O2/c1-14-6-8-16(9-7-14)12-22-13-17(11-19(22)23)20(24)21-18-5-3-4-15(2)10-18/h3-10,17H,11-13H2,1-2H3,(H,21,24)/t17-/m1/s1. The Hall–Kier alpha value is -2.62. The average molecular weight is 322 g/mol. The molecule has 4 nitrogen and oxygen atoms in total. The molecule has 0 aliphatic carbocycles. The molecule has 0 radical (unpaired) electrons. The van der Waals surface area contributed by atoms with E-state index in [1.165, 1.54) is 5.56 Å². The molecule has 1 aliphatic heterocycles. The van der Waals surface area contributed by atoms with Crippen molar-refractivity contribution >= 4 is 17.5 Å². The van der Waals surface area contributed by atoms with Crippen LogP contribution in [-0.2, 0) is 16.1 Å². The second-order valence-corrected chi connectivity index (χ2v) is 6.52. The van der Waals surface area contributed by atoms with Crippen LogP contribution in [0.5, 0.6) is 0 Å². The van der Waals surface area contributed by atoms with Gasteiger partial charge in [-0.15, -0.1) is 0 Å². The highest BCUT2D eigenvalue weighted by molar-refractivity contribution is 5.97. The SMILES string of the molecule is Cc1ccc(CN2C[C@H](C(=O)Nc3cccc(C)c3)CC2=O)cc1. The summed E-state index contributed by atoms with van der Waals surface area (Å²) in [5.74, 6) is -0.330. The summed E-state index contributed by atoms with van der Waals surface area (Å²) in [4.78, 5) is 26.4. The monoisotopic (exact) mass is 322 g/mol. The second kappa shape index (κ2) is 6.87. The first-order valence-electron chi connectivity index (χ1n) is 8.22. The predicted octanol–water partition coefficient (Wildman–Crippen LogP) is 3.29. The van der Waals surface area contributed by atoms with E-state index in [-0.39, 0.29) is 24.2 Å². The largest absolute Gasteiger partial charge is 0.338 e. The van der Waals surface area contributed by atoms with Crippen LogP contribution in [0.3, 0.4) is 0 Å². The summed E-state index contributed by atoms with van der Waals surface area (Å²) in [6.07, 6.45) is 0.281. The van der Waals surface area contributed by atoms with Gasteiger partial charge in [0.15, 0.2) is 0 Å². The number of hydrogen-bond donors (Lipinski definition) is 1. The van der Waals surface area contributed by atoms with Gasteiger partial charge in [-0.3, -0.25) is 9.59 Å². The number of benzene rings is 2. The minimum Gasteiger partial charge on any atom is -0.338 e. The summed E-state index contributed by atoms with van der Waals surface area (Å²) in [7, 11) is 0. The zero-order valence-electron chi connectivity index (χ0n) is 14.1. The van der Waals surface area contributed by atoms with Crippen molar-refractivity contribution in [2.45, 2.75) is 26.8 Å². The fourth-order valence-electron chi connectivity index (χ4n) is 2.98. The van der Waals surface area contributed by atoms with Crippen LogP contribution in [0.1, 0.15) is 23.1 Å². The fraction of sp³-hybridized carbons (Fsp3) is 0.300. The fourth-order valence-corrected chi connectivity index (χ4v) is 2.98. The zero-order valence-corrected chi connectivity index (χ0v) is 14.1. The van der Waals surface area contributed by atoms with Gasteiger partial charge in [-0.2, -0.15) is 0 Å². The van der Waals surface area contributed by atoms with Gasteiger partial charge in [-0.05, 0) is 37.1 Å². The van der Waals surface area contributed by atoms with E-state index < -0.39 is 0 Å². The van der Waals surface area contributed by atoms with Crippen LogP contribution in [0.25, 0.3) is 0 Å². The Kier molecular flexibility index (Phi) is 4.65. The van der Waals surface area contributed by atoms with Crippen LogP contribution in [0.15, 0.2) is 48.5 Å². The van der Waals surface area contributed by atoms with E-state index in [2.05, 4.69) is 5.32 Å². The predicted molar refractivity (Wildman–Crippen MR) is 94.5 cm³/mol. The van der Waals surface area contributed by atoms with Crippen LogP contribution in [0.4, 0.5) is 5.69 Å². The Morgan fingerprint density at radius 2 is 1.88 bits per heavy atom. The first-order valence-corrected chi connectivity index (χ1v) is 8.22. The first kappa shape index (κ1) is 16.2. The minimum absolute atomic E-state index is 0.0416. The molecular weight excluding hydrogens is 300 g/mol. The van der Waals surface area contributed by atoms with Gasteiger partial charge in [0.2, 0.25) is 11.8 Å². The minimum atomic E-state index is -0.288. The first-order chi connectivity index (χ1) is 11.5. The summed E-state index contributed by atoms with van der Waals surface area (Å²) in [6, 6.07) is 15.8. The van der Waals surface area contributed by atoms with Crippen LogP contribution in [0, 0.1) is 19.8 Å². The van der Waals surface area contributed by atoms with Gasteiger partial charge < -0.3 is 10.2 Å². The third-order valence-electron chi connectivity index (χ3n) is 4.36. The Labute approximate surface area is 142 Å². The van der Waals surface area contributed by atoms with E-state index in [1.807, 2.05) is 62.4 Å². The molecule has 1 heterocycles. The molecule has 1 N–H and O–H groups in total. The number of hydrogen-bond acceptors (Lipinski definition) is 2. The van der Waals surface area contributed by atoms with Crippen molar-refractivity contribution < 1.29 is 9.59 Å². The molecule has 1 saturated heterocycles. The van der Waals surface area contributed by atoms with E-state index in [0.717, 1.165) is 16.8 Å². The van der Waals surface area contributed by atoms with Crippen LogP contribution in [0.2, 0.25) is 0 Å². The Morgan fingerprint density at radius 1 is 1.12 bits per heavy atom. The maximum atomic E-state index is 12.4. The number of rotatable bonds is 4. The Balaban J connectivity index is 1.61. The molecular formula is C20H22N2O2. The summed E-state index contributed by atoms with van der Waals surface area (Å²) in [6.45, 7) is 5.06. The topological polar surface area (TPSA) is 49.4 Å². The van der Waals surface area contributed by atoms with E-state index in [4.69, 9.17) is 0 Å². The van der Waals surface area contributed by atoms with Crippen LogP contribution >= 0.6 is 0 Å². The highest BCUT2D eigenvalue weighted by Gasteiger charge is 2.34. The zero-order chi connectivity index (χ0) is 17.1. The lowest BCUT2D eigenvalue weighted by Crippen LogP contribution is -2.28. The summed E-state index contributed by atoms with van der Waals surface area (Å²) < 4.78 is 0. The van der Waals surface area contributed by atoms with Gasteiger partial charge in [0.1, 0.15) is 0 Å². The van der Waals surface area contributed by atoms with Gasteiger partial charge in [-0.1, -0.05) is 42.0 Å². The molecule has 2 amide bonds. The van der Waals surface area contributed by atoms with Crippen molar-refractivity contribution in [3.8, 4) is 0 Å². The molecule has 3 rings (SSSR count). The molecule has 0 aromatic heterocycles. The number of carbonyl (C=O) groups excluding carboxylic acids is 2. The number of aryl methyl sites for hydroxylation is 2. The molecule has 0 saturated carbocycles. The number of anilines is 1. The van der Waals surface area contributed by atoms with Gasteiger partial charge in [0.25, 0.3) is 0 Å². The molecule has 1 fully saturated rings. The molecule has 24 heavy (non-hydrogen) atoms.